The summed E-state index contributed by atoms with van der Waals surface area (Å²) in [6.45, 7) is 8.12. The van der Waals surface area contributed by atoms with E-state index in [9.17, 15) is 14.4 Å². The molecule has 0 unspecified atom stereocenters. The van der Waals surface area contributed by atoms with Crippen LogP contribution in [0.25, 0.3) is 0 Å². The van der Waals surface area contributed by atoms with E-state index in [-0.39, 0.29) is 42.2 Å². The lowest BCUT2D eigenvalue weighted by atomic mass is 9.89. The Bertz CT molecular complexity index is 793. The lowest BCUT2D eigenvalue weighted by molar-refractivity contribution is -0.159. The first-order valence-corrected chi connectivity index (χ1v) is 11.3. The molecule has 1 aliphatic heterocycles. The van der Waals surface area contributed by atoms with Crippen LogP contribution in [0.3, 0.4) is 0 Å². The van der Waals surface area contributed by atoms with Crippen LogP contribution in [0, 0.1) is 17.8 Å². The molecule has 1 aromatic heterocycles. The number of hydrogen-bond donors (Lipinski definition) is 0. The second-order valence-electron chi connectivity index (χ2n) is 8.70. The minimum Gasteiger partial charge on any atom is -0.493 e. The van der Waals surface area contributed by atoms with Crippen LogP contribution in [0.2, 0.25) is 0 Å². The molecule has 1 aromatic rings. The molecule has 0 amide bonds. The number of pyridine rings is 1. The highest BCUT2D eigenvalue weighted by Crippen LogP contribution is 2.32. The maximum absolute atomic E-state index is 13.0. The number of hydrogen-bond acceptors (Lipinski definition) is 8. The molecule has 0 saturated carbocycles. The summed E-state index contributed by atoms with van der Waals surface area (Å²) >= 11 is 0. The second-order valence-corrected chi connectivity index (χ2v) is 8.70. The maximum atomic E-state index is 13.0. The Morgan fingerprint density at radius 1 is 1.31 bits per heavy atom. The van der Waals surface area contributed by atoms with Crippen molar-refractivity contribution in [1.29, 1.82) is 0 Å². The minimum absolute atomic E-state index is 0.0521. The molecule has 178 valence electrons. The second kappa shape index (κ2) is 12.5. The molecular weight excluding hydrogens is 414 g/mol. The van der Waals surface area contributed by atoms with E-state index in [4.69, 9.17) is 18.9 Å². The molecule has 0 N–H and O–H groups in total. The fourth-order valence-electron chi connectivity index (χ4n) is 3.77. The van der Waals surface area contributed by atoms with Crippen molar-refractivity contribution in [2.45, 2.75) is 65.9 Å². The number of carbonyl (C=O) groups excluding carboxylic acids is 3. The average Bonchev–Trinajstić information content (AvgIpc) is 2.73. The Morgan fingerprint density at radius 3 is 2.72 bits per heavy atom. The lowest BCUT2D eigenvalue weighted by Gasteiger charge is -2.28. The van der Waals surface area contributed by atoms with Crippen molar-refractivity contribution < 1.29 is 33.3 Å². The maximum Gasteiger partial charge on any atom is 0.312 e. The van der Waals surface area contributed by atoms with Gasteiger partial charge in [-0.05, 0) is 38.0 Å². The van der Waals surface area contributed by atoms with E-state index in [0.29, 0.717) is 12.5 Å². The molecule has 32 heavy (non-hydrogen) atoms. The van der Waals surface area contributed by atoms with Gasteiger partial charge in [0.05, 0.1) is 19.6 Å². The standard InChI is InChI=1S/C24H35NO7/c1-15(2)8-9-18-7-6-12-30-14-19(24(28)31-16(18)3)13-20(27)22-23(32-17(4)26)21(29-5)10-11-25-22/h10-11,15-16,18-19H,6-9,12-14H2,1-5H3/t16-,18-,19-/m0/s1. The third kappa shape index (κ3) is 7.58. The van der Waals surface area contributed by atoms with E-state index in [1.165, 1.54) is 26.3 Å². The Balaban J connectivity index is 2.16. The smallest absolute Gasteiger partial charge is 0.312 e. The number of nitrogens with zero attached hydrogens (tertiary/aromatic N) is 1. The zero-order valence-corrected chi connectivity index (χ0v) is 19.7. The normalized spacial score (nSPS) is 22.2. The van der Waals surface area contributed by atoms with Crippen molar-refractivity contribution in [1.82, 2.24) is 4.98 Å². The van der Waals surface area contributed by atoms with Gasteiger partial charge in [-0.1, -0.05) is 20.3 Å². The number of cyclic esters (lactones) is 1. The van der Waals surface area contributed by atoms with E-state index in [0.717, 1.165) is 25.7 Å². The zero-order valence-electron chi connectivity index (χ0n) is 19.7. The molecule has 2 rings (SSSR count). The Labute approximate surface area is 190 Å². The zero-order chi connectivity index (χ0) is 23.7. The van der Waals surface area contributed by atoms with Gasteiger partial charge in [-0.2, -0.15) is 0 Å². The summed E-state index contributed by atoms with van der Waals surface area (Å²) in [4.78, 5) is 41.5. The van der Waals surface area contributed by atoms with E-state index < -0.39 is 23.6 Å². The van der Waals surface area contributed by atoms with Crippen LogP contribution in [-0.2, 0) is 19.1 Å². The van der Waals surface area contributed by atoms with Gasteiger partial charge in [-0.3, -0.25) is 14.4 Å². The molecule has 1 fully saturated rings. The third-order valence-electron chi connectivity index (χ3n) is 5.63. The van der Waals surface area contributed by atoms with Crippen LogP contribution in [0.15, 0.2) is 12.3 Å². The number of aromatic nitrogens is 1. The van der Waals surface area contributed by atoms with Crippen molar-refractivity contribution in [2.75, 3.05) is 20.3 Å². The molecule has 0 radical (unpaired) electrons. The number of methoxy groups -OCH3 is 1. The van der Waals surface area contributed by atoms with Crippen LogP contribution in [-0.4, -0.2) is 49.1 Å². The first-order valence-electron chi connectivity index (χ1n) is 11.3. The van der Waals surface area contributed by atoms with Crippen LogP contribution in [0.5, 0.6) is 11.5 Å². The number of Topliss-reactive ketones (excluding diaryl/α,β-unsaturated/α-hetero) is 1. The predicted molar refractivity (Wildman–Crippen MR) is 118 cm³/mol. The number of esters is 2. The number of ketones is 1. The number of ether oxygens (including phenoxy) is 4. The first kappa shape index (κ1) is 25.8. The first-order chi connectivity index (χ1) is 15.2. The molecule has 8 heteroatoms. The van der Waals surface area contributed by atoms with Gasteiger partial charge < -0.3 is 18.9 Å². The summed E-state index contributed by atoms with van der Waals surface area (Å²) in [6.07, 6.45) is 4.84. The highest BCUT2D eigenvalue weighted by Gasteiger charge is 2.31. The Hall–Kier alpha value is -2.48. The van der Waals surface area contributed by atoms with Gasteiger partial charge in [0, 0.05) is 32.2 Å². The van der Waals surface area contributed by atoms with Crippen molar-refractivity contribution >= 4 is 17.7 Å². The monoisotopic (exact) mass is 449 g/mol. The van der Waals surface area contributed by atoms with E-state index >= 15 is 0 Å². The average molecular weight is 450 g/mol. The molecule has 0 spiro atoms. The highest BCUT2D eigenvalue weighted by atomic mass is 16.6. The fraction of sp³-hybridized carbons (Fsp3) is 0.667. The minimum atomic E-state index is -0.771. The Morgan fingerprint density at radius 2 is 2.06 bits per heavy atom. The summed E-state index contributed by atoms with van der Waals surface area (Å²) in [5.74, 6) is -1.29. The summed E-state index contributed by atoms with van der Waals surface area (Å²) in [5.41, 5.74) is -0.0627. The van der Waals surface area contributed by atoms with Gasteiger partial charge in [-0.25, -0.2) is 4.98 Å². The largest absolute Gasteiger partial charge is 0.493 e. The van der Waals surface area contributed by atoms with Gasteiger partial charge in [0.2, 0.25) is 5.75 Å². The number of carbonyl (C=O) groups is 3. The van der Waals surface area contributed by atoms with Crippen molar-refractivity contribution in [2.24, 2.45) is 17.8 Å². The Kier molecular flexibility index (Phi) is 10.1. The van der Waals surface area contributed by atoms with Gasteiger partial charge in [0.1, 0.15) is 6.10 Å². The molecule has 2 heterocycles. The van der Waals surface area contributed by atoms with Gasteiger partial charge in [0.15, 0.2) is 17.2 Å². The van der Waals surface area contributed by atoms with Gasteiger partial charge in [0.25, 0.3) is 0 Å². The van der Waals surface area contributed by atoms with Gasteiger partial charge >= 0.3 is 11.9 Å². The van der Waals surface area contributed by atoms with Crippen LogP contribution >= 0.6 is 0 Å². The third-order valence-corrected chi connectivity index (χ3v) is 5.63. The SMILES string of the molecule is COc1ccnc(C(=O)C[C@H]2COCCC[C@@H](CCC(C)C)[C@H](C)OC2=O)c1OC(C)=O. The van der Waals surface area contributed by atoms with Crippen LogP contribution in [0.4, 0.5) is 0 Å². The summed E-state index contributed by atoms with van der Waals surface area (Å²) in [5, 5.41) is 0. The van der Waals surface area contributed by atoms with Gasteiger partial charge in [-0.15, -0.1) is 0 Å². The molecule has 1 aliphatic rings. The lowest BCUT2D eigenvalue weighted by Crippen LogP contribution is -2.33. The molecule has 3 atom stereocenters. The number of rotatable bonds is 8. The van der Waals surface area contributed by atoms with Crippen molar-refractivity contribution in [3.63, 3.8) is 0 Å². The molecule has 0 aliphatic carbocycles. The summed E-state index contributed by atoms with van der Waals surface area (Å²) < 4.78 is 21.8. The fourth-order valence-corrected chi connectivity index (χ4v) is 3.77. The molecule has 8 nitrogen and oxygen atoms in total. The van der Waals surface area contributed by atoms with E-state index in [1.807, 2.05) is 6.92 Å². The summed E-state index contributed by atoms with van der Waals surface area (Å²) in [6, 6.07) is 1.49. The highest BCUT2D eigenvalue weighted by molar-refractivity contribution is 6.00. The van der Waals surface area contributed by atoms with Crippen LogP contribution in [0.1, 0.15) is 70.3 Å². The molecule has 1 saturated heterocycles. The van der Waals surface area contributed by atoms with E-state index in [2.05, 4.69) is 18.8 Å². The molecular formula is C24H35NO7. The van der Waals surface area contributed by atoms with Crippen molar-refractivity contribution in [3.8, 4) is 11.5 Å². The molecule has 0 bridgehead atoms. The molecule has 0 aromatic carbocycles. The topological polar surface area (TPSA) is 101 Å². The van der Waals surface area contributed by atoms with Crippen molar-refractivity contribution in [3.05, 3.63) is 18.0 Å². The van der Waals surface area contributed by atoms with Crippen LogP contribution < -0.4 is 9.47 Å². The summed E-state index contributed by atoms with van der Waals surface area (Å²) in [7, 11) is 1.40. The quantitative estimate of drug-likeness (QED) is 0.434. The predicted octanol–water partition coefficient (Wildman–Crippen LogP) is 4.00. The van der Waals surface area contributed by atoms with E-state index in [1.54, 1.807) is 0 Å².